The Morgan fingerprint density at radius 2 is 2.19 bits per heavy atom. The summed E-state index contributed by atoms with van der Waals surface area (Å²) in [5.41, 5.74) is 6.66. The van der Waals surface area contributed by atoms with Gasteiger partial charge in [-0.2, -0.15) is 0 Å². The zero-order valence-corrected chi connectivity index (χ0v) is 8.97. The molecular weight excluding hydrogens is 204 g/mol. The molecule has 0 aliphatic heterocycles. The molecule has 86 valence electrons. The summed E-state index contributed by atoms with van der Waals surface area (Å²) in [4.78, 5) is 11.4. The third kappa shape index (κ3) is 2.40. The Kier molecular flexibility index (Phi) is 3.22. The molecule has 0 radical (unpaired) electrons. The number of rotatable bonds is 4. The zero-order valence-electron chi connectivity index (χ0n) is 8.97. The highest BCUT2D eigenvalue weighted by molar-refractivity contribution is 5.82. The molecular formula is C12H16N2O2. The van der Waals surface area contributed by atoms with Crippen LogP contribution in [0.5, 0.6) is 0 Å². The number of carbonyl (C=O) groups is 1. The van der Waals surface area contributed by atoms with Crippen molar-refractivity contribution in [3.05, 3.63) is 35.9 Å². The summed E-state index contributed by atoms with van der Waals surface area (Å²) >= 11 is 0. The number of aliphatic hydroxyl groups excluding tert-OH is 1. The van der Waals surface area contributed by atoms with Crippen molar-refractivity contribution in [2.45, 2.75) is 24.4 Å². The van der Waals surface area contributed by atoms with E-state index >= 15 is 0 Å². The van der Waals surface area contributed by atoms with Gasteiger partial charge >= 0.3 is 0 Å². The molecule has 16 heavy (non-hydrogen) atoms. The van der Waals surface area contributed by atoms with Gasteiger partial charge in [0.15, 0.2) is 0 Å². The molecule has 4 nitrogen and oxygen atoms in total. The van der Waals surface area contributed by atoms with E-state index in [0.717, 1.165) is 6.42 Å². The Morgan fingerprint density at radius 1 is 1.50 bits per heavy atom. The number of aliphatic hydroxyl groups is 1. The molecule has 4 N–H and O–H groups in total. The van der Waals surface area contributed by atoms with E-state index in [2.05, 4.69) is 17.4 Å². The molecule has 0 bridgehead atoms. The summed E-state index contributed by atoms with van der Waals surface area (Å²) in [6, 6.07) is 9.44. The molecule has 1 amide bonds. The summed E-state index contributed by atoms with van der Waals surface area (Å²) < 4.78 is 0. The van der Waals surface area contributed by atoms with Crippen molar-refractivity contribution in [3.8, 4) is 0 Å². The van der Waals surface area contributed by atoms with Crippen LogP contribution in [0.3, 0.4) is 0 Å². The Labute approximate surface area is 94.5 Å². The van der Waals surface area contributed by atoms with Crippen LogP contribution < -0.4 is 11.1 Å². The van der Waals surface area contributed by atoms with Crippen molar-refractivity contribution < 1.29 is 9.90 Å². The van der Waals surface area contributed by atoms with Crippen LogP contribution in [0.2, 0.25) is 0 Å². The van der Waals surface area contributed by atoms with Crippen LogP contribution in [-0.2, 0) is 4.79 Å². The topological polar surface area (TPSA) is 75.3 Å². The Bertz CT molecular complexity index is 367. The monoisotopic (exact) mass is 220 g/mol. The average molecular weight is 220 g/mol. The van der Waals surface area contributed by atoms with E-state index in [0.29, 0.717) is 5.92 Å². The molecule has 1 aromatic rings. The van der Waals surface area contributed by atoms with Gasteiger partial charge in [-0.3, -0.25) is 4.79 Å². The smallest absolute Gasteiger partial charge is 0.239 e. The Hall–Kier alpha value is -1.39. The number of nitrogens with two attached hydrogens (primary N) is 1. The molecule has 3 atom stereocenters. The summed E-state index contributed by atoms with van der Waals surface area (Å²) in [6.07, 6.45) is 0.952. The lowest BCUT2D eigenvalue weighted by Gasteiger charge is -2.09. The van der Waals surface area contributed by atoms with Crippen LogP contribution in [0.1, 0.15) is 17.9 Å². The van der Waals surface area contributed by atoms with Gasteiger partial charge in [-0.1, -0.05) is 30.3 Å². The minimum atomic E-state index is -0.808. The lowest BCUT2D eigenvalue weighted by Crippen LogP contribution is -2.44. The second kappa shape index (κ2) is 4.63. The highest BCUT2D eigenvalue weighted by Gasteiger charge is 2.39. The molecule has 1 aromatic carbocycles. The molecule has 0 saturated heterocycles. The lowest BCUT2D eigenvalue weighted by atomic mass is 10.1. The minimum absolute atomic E-state index is 0.174. The second-order valence-electron chi connectivity index (χ2n) is 4.16. The van der Waals surface area contributed by atoms with Gasteiger partial charge in [0.05, 0.1) is 6.61 Å². The van der Waals surface area contributed by atoms with Crippen molar-refractivity contribution in [2.24, 2.45) is 5.73 Å². The first-order chi connectivity index (χ1) is 7.72. The molecule has 1 fully saturated rings. The van der Waals surface area contributed by atoms with Gasteiger partial charge in [-0.15, -0.1) is 0 Å². The van der Waals surface area contributed by atoms with E-state index in [4.69, 9.17) is 10.8 Å². The van der Waals surface area contributed by atoms with Crippen LogP contribution in [0.15, 0.2) is 30.3 Å². The van der Waals surface area contributed by atoms with Crippen molar-refractivity contribution in [1.82, 2.24) is 5.32 Å². The summed E-state index contributed by atoms with van der Waals surface area (Å²) in [7, 11) is 0. The minimum Gasteiger partial charge on any atom is -0.394 e. The van der Waals surface area contributed by atoms with Crippen LogP contribution >= 0.6 is 0 Å². The van der Waals surface area contributed by atoms with E-state index < -0.39 is 6.04 Å². The first-order valence-corrected chi connectivity index (χ1v) is 5.44. The fraction of sp³-hybridized carbons (Fsp3) is 0.417. The molecule has 1 aliphatic carbocycles. The molecule has 0 heterocycles. The average Bonchev–Trinajstić information content (AvgIpc) is 3.08. The Morgan fingerprint density at radius 3 is 2.81 bits per heavy atom. The fourth-order valence-corrected chi connectivity index (χ4v) is 1.80. The van der Waals surface area contributed by atoms with E-state index in [1.807, 2.05) is 18.2 Å². The highest BCUT2D eigenvalue weighted by Crippen LogP contribution is 2.40. The number of amides is 1. The zero-order chi connectivity index (χ0) is 11.5. The maximum atomic E-state index is 11.4. The van der Waals surface area contributed by atoms with Crippen molar-refractivity contribution in [3.63, 3.8) is 0 Å². The van der Waals surface area contributed by atoms with Gasteiger partial charge in [0.2, 0.25) is 5.91 Å². The number of nitrogens with one attached hydrogen (secondary N) is 1. The maximum absolute atomic E-state index is 11.4. The van der Waals surface area contributed by atoms with Gasteiger partial charge in [0.1, 0.15) is 6.04 Å². The molecule has 0 spiro atoms. The quantitative estimate of drug-likeness (QED) is 0.667. The van der Waals surface area contributed by atoms with Gasteiger partial charge in [0.25, 0.3) is 0 Å². The number of hydrogen-bond acceptors (Lipinski definition) is 3. The van der Waals surface area contributed by atoms with Gasteiger partial charge in [-0.05, 0) is 12.0 Å². The molecule has 2 unspecified atom stereocenters. The first-order valence-electron chi connectivity index (χ1n) is 5.44. The van der Waals surface area contributed by atoms with Gasteiger partial charge < -0.3 is 16.2 Å². The predicted octanol–water partition coefficient (Wildman–Crippen LogP) is -0.0217. The van der Waals surface area contributed by atoms with Crippen molar-refractivity contribution in [1.29, 1.82) is 0 Å². The standard InChI is InChI=1S/C12H16N2O2/c13-10(7-15)12(16)14-11-6-9(11)8-4-2-1-3-5-8/h1-5,9-11,15H,6-7,13H2,(H,14,16)/t9?,10-,11?/m0/s1. The predicted molar refractivity (Wildman–Crippen MR) is 60.8 cm³/mol. The normalized spacial score (nSPS) is 24.9. The number of benzene rings is 1. The van der Waals surface area contributed by atoms with Gasteiger partial charge in [-0.25, -0.2) is 0 Å². The first kappa shape index (κ1) is 11.1. The molecule has 1 aliphatic rings. The summed E-state index contributed by atoms with van der Waals surface area (Å²) in [6.45, 7) is -0.311. The molecule has 1 saturated carbocycles. The highest BCUT2D eigenvalue weighted by atomic mass is 16.3. The number of carbonyl (C=O) groups excluding carboxylic acids is 1. The van der Waals surface area contributed by atoms with Crippen molar-refractivity contribution >= 4 is 5.91 Å². The number of hydrogen-bond donors (Lipinski definition) is 3. The third-order valence-electron chi connectivity index (χ3n) is 2.88. The SMILES string of the molecule is N[C@@H](CO)C(=O)NC1CC1c1ccccc1. The van der Waals surface area contributed by atoms with E-state index in [1.54, 1.807) is 0 Å². The van der Waals surface area contributed by atoms with E-state index in [1.165, 1.54) is 5.56 Å². The van der Waals surface area contributed by atoms with Crippen molar-refractivity contribution in [2.75, 3.05) is 6.61 Å². The third-order valence-corrected chi connectivity index (χ3v) is 2.88. The molecule has 0 aromatic heterocycles. The van der Waals surface area contributed by atoms with Crippen LogP contribution in [-0.4, -0.2) is 29.7 Å². The van der Waals surface area contributed by atoms with E-state index in [-0.39, 0.29) is 18.6 Å². The van der Waals surface area contributed by atoms with Crippen LogP contribution in [0, 0.1) is 0 Å². The summed E-state index contributed by atoms with van der Waals surface area (Å²) in [5.74, 6) is 0.127. The molecule has 2 rings (SSSR count). The summed E-state index contributed by atoms with van der Waals surface area (Å²) in [5, 5.41) is 11.6. The van der Waals surface area contributed by atoms with E-state index in [9.17, 15) is 4.79 Å². The lowest BCUT2D eigenvalue weighted by molar-refractivity contribution is -0.123. The van der Waals surface area contributed by atoms with Gasteiger partial charge in [0, 0.05) is 12.0 Å². The van der Waals surface area contributed by atoms with Crippen LogP contribution in [0.25, 0.3) is 0 Å². The fourth-order valence-electron chi connectivity index (χ4n) is 1.80. The van der Waals surface area contributed by atoms with Crippen LogP contribution in [0.4, 0.5) is 0 Å². The Balaban J connectivity index is 1.86. The molecule has 4 heteroatoms. The largest absolute Gasteiger partial charge is 0.394 e. The second-order valence-corrected chi connectivity index (χ2v) is 4.16. The maximum Gasteiger partial charge on any atom is 0.239 e.